The van der Waals surface area contributed by atoms with Crippen molar-refractivity contribution < 1.29 is 9.09 Å². The van der Waals surface area contributed by atoms with E-state index < -0.39 is 8.03 Å². The number of rotatable bonds is 4. The normalized spacial score (nSPS) is 12.7. The van der Waals surface area contributed by atoms with Crippen LogP contribution in [0.25, 0.3) is 5.57 Å². The Balaban J connectivity index is 2.79. The lowest BCUT2D eigenvalue weighted by Crippen LogP contribution is -1.79. The third-order valence-electron chi connectivity index (χ3n) is 1.85. The summed E-state index contributed by atoms with van der Waals surface area (Å²) in [6.45, 7) is 4.17. The molecular weight excluding hydrogens is 231 g/mol. The van der Waals surface area contributed by atoms with Crippen molar-refractivity contribution in [3.8, 4) is 0 Å². The Kier molecular flexibility index (Phi) is 4.97. The van der Waals surface area contributed by atoms with Gasteiger partial charge in [0, 0.05) is 10.6 Å². The summed E-state index contributed by atoms with van der Waals surface area (Å²) in [7, 11) is -1.70. The zero-order chi connectivity index (χ0) is 11.3. The van der Waals surface area contributed by atoms with Gasteiger partial charge in [0.2, 0.25) is 0 Å². The summed E-state index contributed by atoms with van der Waals surface area (Å²) in [5.74, 6) is 1.63. The molecule has 80 valence electrons. The van der Waals surface area contributed by atoms with Crippen molar-refractivity contribution in [1.29, 1.82) is 0 Å². The first-order valence-electron chi connectivity index (χ1n) is 4.67. The molecule has 0 aliphatic carbocycles. The second kappa shape index (κ2) is 6.02. The van der Waals surface area contributed by atoms with Crippen molar-refractivity contribution >= 4 is 25.2 Å². The van der Waals surface area contributed by atoms with Crippen molar-refractivity contribution in [3.05, 3.63) is 40.7 Å². The molecule has 0 bridgehead atoms. The number of hydrogen-bond acceptors (Lipinski definition) is 2. The maximum atomic E-state index is 11.3. The van der Waals surface area contributed by atoms with Crippen LogP contribution in [-0.4, -0.2) is 6.61 Å². The van der Waals surface area contributed by atoms with Gasteiger partial charge in [-0.3, -0.25) is 0 Å². The molecular formula is C11H13ClO2P+. The average Bonchev–Trinajstić information content (AvgIpc) is 2.18. The predicted molar refractivity (Wildman–Crippen MR) is 64.3 cm³/mol. The van der Waals surface area contributed by atoms with Crippen molar-refractivity contribution in [3.63, 3.8) is 0 Å². The first-order chi connectivity index (χ1) is 7.13. The topological polar surface area (TPSA) is 26.3 Å². The van der Waals surface area contributed by atoms with E-state index in [1.165, 1.54) is 0 Å². The Morgan fingerprint density at radius 3 is 2.60 bits per heavy atom. The van der Waals surface area contributed by atoms with Crippen LogP contribution in [0.2, 0.25) is 5.02 Å². The molecule has 0 amide bonds. The predicted octanol–water partition coefficient (Wildman–Crippen LogP) is 4.48. The van der Waals surface area contributed by atoms with Gasteiger partial charge in [-0.05, 0) is 36.1 Å². The van der Waals surface area contributed by atoms with Crippen LogP contribution in [0.3, 0.4) is 0 Å². The van der Waals surface area contributed by atoms with Gasteiger partial charge in [0.25, 0.3) is 0 Å². The Morgan fingerprint density at radius 2 is 2.07 bits per heavy atom. The highest BCUT2D eigenvalue weighted by Gasteiger charge is 2.13. The number of halogens is 1. The molecule has 0 saturated heterocycles. The minimum absolute atomic E-state index is 0.458. The minimum Gasteiger partial charge on any atom is -0.143 e. The van der Waals surface area contributed by atoms with Crippen LogP contribution in [0.5, 0.6) is 0 Å². The van der Waals surface area contributed by atoms with Gasteiger partial charge in [-0.25, -0.2) is 0 Å². The maximum absolute atomic E-state index is 11.3. The summed E-state index contributed by atoms with van der Waals surface area (Å²) in [5.41, 5.74) is 1.93. The highest BCUT2D eigenvalue weighted by molar-refractivity contribution is 7.43. The summed E-state index contributed by atoms with van der Waals surface area (Å²) in [4.78, 5) is 0. The Hall–Kier alpha value is -0.690. The lowest BCUT2D eigenvalue weighted by atomic mass is 10.1. The lowest BCUT2D eigenvalue weighted by Gasteiger charge is -1.97. The van der Waals surface area contributed by atoms with Crippen molar-refractivity contribution in [1.82, 2.24) is 0 Å². The molecule has 0 heterocycles. The molecule has 15 heavy (non-hydrogen) atoms. The summed E-state index contributed by atoms with van der Waals surface area (Å²) in [6, 6.07) is 7.40. The van der Waals surface area contributed by atoms with E-state index >= 15 is 0 Å². The van der Waals surface area contributed by atoms with E-state index in [9.17, 15) is 4.57 Å². The third-order valence-corrected chi connectivity index (χ3v) is 3.22. The monoisotopic (exact) mass is 243 g/mol. The molecule has 0 N–H and O–H groups in total. The van der Waals surface area contributed by atoms with Gasteiger partial charge in [0.1, 0.15) is 6.61 Å². The van der Waals surface area contributed by atoms with Gasteiger partial charge >= 0.3 is 8.03 Å². The SMILES string of the molecule is CCO[P+](=O)C=C(C)c1ccc(Cl)cc1. The van der Waals surface area contributed by atoms with Crippen LogP contribution in [0.4, 0.5) is 0 Å². The number of benzene rings is 1. The second-order valence-electron chi connectivity index (χ2n) is 3.02. The molecule has 0 aliphatic heterocycles. The van der Waals surface area contributed by atoms with Crippen LogP contribution in [0, 0.1) is 0 Å². The van der Waals surface area contributed by atoms with E-state index in [2.05, 4.69) is 0 Å². The quantitative estimate of drug-likeness (QED) is 0.729. The Morgan fingerprint density at radius 1 is 1.47 bits per heavy atom. The largest absolute Gasteiger partial charge is 0.541 e. The van der Waals surface area contributed by atoms with Crippen LogP contribution < -0.4 is 0 Å². The molecule has 0 fully saturated rings. The lowest BCUT2D eigenvalue weighted by molar-refractivity contribution is 0.356. The van der Waals surface area contributed by atoms with Crippen LogP contribution in [0.15, 0.2) is 30.1 Å². The first-order valence-corrected chi connectivity index (χ1v) is 6.29. The highest BCUT2D eigenvalue weighted by Crippen LogP contribution is 2.29. The van der Waals surface area contributed by atoms with Crippen LogP contribution in [-0.2, 0) is 9.09 Å². The van der Waals surface area contributed by atoms with Gasteiger partial charge < -0.3 is 0 Å². The average molecular weight is 244 g/mol. The van der Waals surface area contributed by atoms with Gasteiger partial charge in [0.15, 0.2) is 5.82 Å². The van der Waals surface area contributed by atoms with Crippen LogP contribution >= 0.6 is 19.6 Å². The highest BCUT2D eigenvalue weighted by atomic mass is 35.5. The molecule has 1 unspecified atom stereocenters. The Bertz CT molecular complexity index is 371. The molecule has 1 atom stereocenters. The maximum Gasteiger partial charge on any atom is 0.541 e. The summed E-state index contributed by atoms with van der Waals surface area (Å²) in [6.07, 6.45) is 0. The molecule has 4 heteroatoms. The molecule has 0 spiro atoms. The molecule has 0 aliphatic rings. The molecule has 1 rings (SSSR count). The molecule has 0 saturated carbocycles. The minimum atomic E-state index is -1.70. The summed E-state index contributed by atoms with van der Waals surface area (Å²) >= 11 is 5.77. The Labute approximate surface area is 95.8 Å². The summed E-state index contributed by atoms with van der Waals surface area (Å²) in [5, 5.41) is 0.695. The van der Waals surface area contributed by atoms with Gasteiger partial charge in [-0.15, -0.1) is 4.52 Å². The van der Waals surface area contributed by atoms with E-state index in [1.54, 1.807) is 5.82 Å². The number of allylic oxidation sites excluding steroid dienone is 1. The van der Waals surface area contributed by atoms with Crippen LogP contribution in [0.1, 0.15) is 19.4 Å². The zero-order valence-electron chi connectivity index (χ0n) is 8.74. The second-order valence-corrected chi connectivity index (χ2v) is 4.55. The molecule has 1 aromatic carbocycles. The number of hydrogen-bond donors (Lipinski definition) is 0. The van der Waals surface area contributed by atoms with E-state index in [0.717, 1.165) is 11.1 Å². The van der Waals surface area contributed by atoms with Crippen molar-refractivity contribution in [2.75, 3.05) is 6.61 Å². The van der Waals surface area contributed by atoms with E-state index in [4.69, 9.17) is 16.1 Å². The standard InChI is InChI=1S/C11H13ClO2P/c1-3-14-15(13)8-9(2)10-4-6-11(12)7-5-10/h4-8H,3H2,1-2H3/q+1. The molecule has 0 radical (unpaired) electrons. The molecule has 2 nitrogen and oxygen atoms in total. The molecule has 0 aromatic heterocycles. The molecule has 1 aromatic rings. The summed E-state index contributed by atoms with van der Waals surface area (Å²) < 4.78 is 16.3. The zero-order valence-corrected chi connectivity index (χ0v) is 10.4. The van der Waals surface area contributed by atoms with Gasteiger partial charge in [-0.1, -0.05) is 23.7 Å². The van der Waals surface area contributed by atoms with Crippen molar-refractivity contribution in [2.45, 2.75) is 13.8 Å². The van der Waals surface area contributed by atoms with Gasteiger partial charge in [-0.2, -0.15) is 0 Å². The third kappa shape index (κ3) is 4.13. The fourth-order valence-corrected chi connectivity index (χ4v) is 2.03. The van der Waals surface area contributed by atoms with E-state index in [-0.39, 0.29) is 0 Å². The fraction of sp³-hybridized carbons (Fsp3) is 0.273. The van der Waals surface area contributed by atoms with E-state index in [1.807, 2.05) is 38.1 Å². The van der Waals surface area contributed by atoms with E-state index in [0.29, 0.717) is 11.6 Å². The van der Waals surface area contributed by atoms with Crippen molar-refractivity contribution in [2.24, 2.45) is 0 Å². The van der Waals surface area contributed by atoms with Gasteiger partial charge in [0.05, 0.1) is 0 Å². The fourth-order valence-electron chi connectivity index (χ4n) is 1.11. The smallest absolute Gasteiger partial charge is 0.143 e. The first kappa shape index (κ1) is 12.4.